The van der Waals surface area contributed by atoms with E-state index in [-0.39, 0.29) is 11.1 Å². The summed E-state index contributed by atoms with van der Waals surface area (Å²) in [5.41, 5.74) is 0.954. The van der Waals surface area contributed by atoms with Crippen molar-refractivity contribution in [2.75, 3.05) is 0 Å². The van der Waals surface area contributed by atoms with Crippen molar-refractivity contribution in [1.29, 1.82) is 0 Å². The molecule has 3 rings (SSSR count). The molecule has 1 heterocycles. The van der Waals surface area contributed by atoms with E-state index in [4.69, 9.17) is 9.52 Å². The molecule has 1 fully saturated rings. The fraction of sp³-hybridized carbons (Fsp3) is 0.286. The van der Waals surface area contributed by atoms with Crippen LogP contribution in [0.4, 0.5) is 0 Å². The predicted molar refractivity (Wildman–Crippen MR) is 64.7 cm³/mol. The summed E-state index contributed by atoms with van der Waals surface area (Å²) < 4.78 is 5.57. The molecule has 0 radical (unpaired) electrons. The van der Waals surface area contributed by atoms with E-state index in [0.29, 0.717) is 11.7 Å². The maximum atomic E-state index is 11.0. The van der Waals surface area contributed by atoms with Crippen molar-refractivity contribution in [3.8, 4) is 0 Å². The maximum absolute atomic E-state index is 11.0. The Morgan fingerprint density at radius 3 is 2.50 bits per heavy atom. The van der Waals surface area contributed by atoms with E-state index in [9.17, 15) is 4.79 Å². The lowest BCUT2D eigenvalue weighted by molar-refractivity contribution is 0.0689. The highest BCUT2D eigenvalue weighted by Gasteiger charge is 2.50. The molecule has 0 unspecified atom stereocenters. The fourth-order valence-corrected chi connectivity index (χ4v) is 2.31. The van der Waals surface area contributed by atoms with Gasteiger partial charge in [0.15, 0.2) is 5.69 Å². The quantitative estimate of drug-likeness (QED) is 0.900. The maximum Gasteiger partial charge on any atom is 0.358 e. The Hall–Kier alpha value is -2.10. The first-order chi connectivity index (χ1) is 8.63. The van der Waals surface area contributed by atoms with Gasteiger partial charge in [-0.1, -0.05) is 30.3 Å². The molecule has 2 aromatic rings. The second-order valence-electron chi connectivity index (χ2n) is 4.68. The molecule has 1 N–H and O–H groups in total. The molecule has 1 aromatic carbocycles. The minimum absolute atomic E-state index is 0.0206. The Labute approximate surface area is 104 Å². The Kier molecular flexibility index (Phi) is 2.26. The molecule has 0 atom stereocenters. The van der Waals surface area contributed by atoms with Gasteiger partial charge in [0.25, 0.3) is 0 Å². The van der Waals surface area contributed by atoms with Crippen LogP contribution in [0.15, 0.2) is 34.7 Å². The smallest absolute Gasteiger partial charge is 0.358 e. The predicted octanol–water partition coefficient (Wildman–Crippen LogP) is 2.76. The fourth-order valence-electron chi connectivity index (χ4n) is 2.31. The number of aromatic carboxylic acids is 1. The van der Waals surface area contributed by atoms with Crippen molar-refractivity contribution in [3.05, 3.63) is 53.2 Å². The highest BCUT2D eigenvalue weighted by atomic mass is 16.4. The summed E-state index contributed by atoms with van der Waals surface area (Å²) in [6.07, 6.45) is 1.91. The molecule has 4 nitrogen and oxygen atoms in total. The molecule has 0 aliphatic heterocycles. The number of carboxylic acid groups (broad SMARTS) is 1. The first kappa shape index (κ1) is 11.0. The minimum atomic E-state index is -1.04. The van der Waals surface area contributed by atoms with Gasteiger partial charge in [-0.25, -0.2) is 9.78 Å². The molecule has 1 aliphatic rings. The lowest BCUT2D eigenvalue weighted by Gasteiger charge is -2.10. The van der Waals surface area contributed by atoms with Crippen LogP contribution >= 0.6 is 0 Å². The molecular weight excluding hydrogens is 230 g/mol. The van der Waals surface area contributed by atoms with Crippen molar-refractivity contribution < 1.29 is 14.3 Å². The van der Waals surface area contributed by atoms with Crippen molar-refractivity contribution in [2.24, 2.45) is 0 Å². The van der Waals surface area contributed by atoms with E-state index in [1.54, 1.807) is 6.92 Å². The number of hydrogen-bond donors (Lipinski definition) is 1. The van der Waals surface area contributed by atoms with E-state index >= 15 is 0 Å². The summed E-state index contributed by atoms with van der Waals surface area (Å²) in [7, 11) is 0. The summed E-state index contributed by atoms with van der Waals surface area (Å²) >= 11 is 0. The van der Waals surface area contributed by atoms with Gasteiger partial charge in [0.2, 0.25) is 5.89 Å². The van der Waals surface area contributed by atoms with Crippen LogP contribution in [-0.2, 0) is 5.41 Å². The van der Waals surface area contributed by atoms with Crippen LogP contribution in [-0.4, -0.2) is 16.1 Å². The first-order valence-corrected chi connectivity index (χ1v) is 5.90. The number of benzene rings is 1. The first-order valence-electron chi connectivity index (χ1n) is 5.90. The van der Waals surface area contributed by atoms with Crippen LogP contribution in [0.3, 0.4) is 0 Å². The SMILES string of the molecule is Cc1oc(C2(c3ccccc3)CC2)nc1C(=O)O. The van der Waals surface area contributed by atoms with E-state index in [1.807, 2.05) is 30.3 Å². The normalized spacial score (nSPS) is 16.5. The van der Waals surface area contributed by atoms with Crippen LogP contribution in [0, 0.1) is 6.92 Å². The number of carbonyl (C=O) groups is 1. The largest absolute Gasteiger partial charge is 0.476 e. The molecule has 1 aromatic heterocycles. The summed E-state index contributed by atoms with van der Waals surface area (Å²) in [6, 6.07) is 9.98. The Morgan fingerprint density at radius 1 is 1.33 bits per heavy atom. The third-order valence-corrected chi connectivity index (χ3v) is 3.48. The molecule has 0 bridgehead atoms. The monoisotopic (exact) mass is 243 g/mol. The number of aromatic nitrogens is 1. The summed E-state index contributed by atoms with van der Waals surface area (Å²) in [4.78, 5) is 15.2. The molecule has 1 aliphatic carbocycles. The third-order valence-electron chi connectivity index (χ3n) is 3.48. The Balaban J connectivity index is 2.06. The number of hydrogen-bond acceptors (Lipinski definition) is 3. The average molecular weight is 243 g/mol. The number of carboxylic acids is 1. The average Bonchev–Trinajstić information content (AvgIpc) is 3.08. The van der Waals surface area contributed by atoms with Crippen molar-refractivity contribution in [2.45, 2.75) is 25.2 Å². The van der Waals surface area contributed by atoms with Gasteiger partial charge in [-0.2, -0.15) is 0 Å². The highest BCUT2D eigenvalue weighted by Crippen LogP contribution is 2.53. The topological polar surface area (TPSA) is 63.3 Å². The van der Waals surface area contributed by atoms with Gasteiger partial charge >= 0.3 is 5.97 Å². The van der Waals surface area contributed by atoms with E-state index in [0.717, 1.165) is 18.4 Å². The highest BCUT2D eigenvalue weighted by molar-refractivity contribution is 5.86. The molecule has 0 spiro atoms. The molecule has 92 valence electrons. The Bertz CT molecular complexity index is 597. The van der Waals surface area contributed by atoms with E-state index in [2.05, 4.69) is 4.98 Å². The second-order valence-corrected chi connectivity index (χ2v) is 4.68. The number of aryl methyl sites for hydroxylation is 1. The summed E-state index contributed by atoms with van der Waals surface area (Å²) in [5.74, 6) is -0.130. The van der Waals surface area contributed by atoms with Gasteiger partial charge in [0, 0.05) is 0 Å². The zero-order valence-corrected chi connectivity index (χ0v) is 10.0. The summed E-state index contributed by atoms with van der Waals surface area (Å²) in [5, 5.41) is 9.01. The van der Waals surface area contributed by atoms with Gasteiger partial charge in [-0.15, -0.1) is 0 Å². The van der Waals surface area contributed by atoms with Crippen LogP contribution in [0.5, 0.6) is 0 Å². The van der Waals surface area contributed by atoms with Crippen LogP contribution in [0.2, 0.25) is 0 Å². The second kappa shape index (κ2) is 3.70. The van der Waals surface area contributed by atoms with Crippen LogP contribution < -0.4 is 0 Å². The molecule has 0 saturated heterocycles. The standard InChI is InChI=1S/C14H13NO3/c1-9-11(12(16)17)15-13(18-9)14(7-8-14)10-5-3-2-4-6-10/h2-6H,7-8H2,1H3,(H,16,17). The van der Waals surface area contributed by atoms with Crippen LogP contribution in [0.1, 0.15) is 40.5 Å². The van der Waals surface area contributed by atoms with Gasteiger partial charge in [0.1, 0.15) is 5.76 Å². The van der Waals surface area contributed by atoms with Crippen molar-refractivity contribution >= 4 is 5.97 Å². The van der Waals surface area contributed by atoms with Gasteiger partial charge in [-0.3, -0.25) is 0 Å². The molecule has 4 heteroatoms. The van der Waals surface area contributed by atoms with Crippen molar-refractivity contribution in [1.82, 2.24) is 4.98 Å². The third kappa shape index (κ3) is 1.53. The minimum Gasteiger partial charge on any atom is -0.476 e. The van der Waals surface area contributed by atoms with E-state index in [1.165, 1.54) is 0 Å². The number of oxazole rings is 1. The van der Waals surface area contributed by atoms with Crippen LogP contribution in [0.25, 0.3) is 0 Å². The number of nitrogens with zero attached hydrogens (tertiary/aromatic N) is 1. The molecular formula is C14H13NO3. The van der Waals surface area contributed by atoms with Crippen molar-refractivity contribution in [3.63, 3.8) is 0 Å². The lowest BCUT2D eigenvalue weighted by Crippen LogP contribution is -2.09. The molecule has 1 saturated carbocycles. The van der Waals surface area contributed by atoms with Gasteiger partial charge in [-0.05, 0) is 25.3 Å². The van der Waals surface area contributed by atoms with Gasteiger partial charge < -0.3 is 9.52 Å². The number of rotatable bonds is 3. The lowest BCUT2D eigenvalue weighted by atomic mass is 9.96. The molecule has 18 heavy (non-hydrogen) atoms. The van der Waals surface area contributed by atoms with Gasteiger partial charge in [0.05, 0.1) is 5.41 Å². The zero-order chi connectivity index (χ0) is 12.8. The van der Waals surface area contributed by atoms with E-state index < -0.39 is 5.97 Å². The Morgan fingerprint density at radius 2 is 2.00 bits per heavy atom. The zero-order valence-electron chi connectivity index (χ0n) is 10.0. The summed E-state index contributed by atoms with van der Waals surface area (Å²) in [6.45, 7) is 1.64. The molecule has 0 amide bonds.